The fraction of sp³-hybridized carbons (Fsp3) is 0.222. The summed E-state index contributed by atoms with van der Waals surface area (Å²) in [5.74, 6) is -0.00796. The van der Waals surface area contributed by atoms with Crippen LogP contribution in [0.3, 0.4) is 0 Å². The number of nitrogens with two attached hydrogens (primary N) is 1. The van der Waals surface area contributed by atoms with Crippen molar-refractivity contribution < 1.29 is 4.79 Å². The Bertz CT molecular complexity index is 279. The van der Waals surface area contributed by atoms with Gasteiger partial charge in [0.2, 0.25) is 0 Å². The van der Waals surface area contributed by atoms with Crippen LogP contribution < -0.4 is 5.73 Å². The molecule has 0 aliphatic heterocycles. The Morgan fingerprint density at radius 2 is 1.92 bits per heavy atom. The lowest BCUT2D eigenvalue weighted by Crippen LogP contribution is -2.26. The van der Waals surface area contributed by atoms with Gasteiger partial charge >= 0.3 is 0 Å². The van der Waals surface area contributed by atoms with Crippen LogP contribution in [0.5, 0.6) is 0 Å². The highest BCUT2D eigenvalue weighted by Gasteiger charge is 2.09. The quantitative estimate of drug-likeness (QED) is 0.661. The fourth-order valence-corrected chi connectivity index (χ4v) is 1.24. The van der Waals surface area contributed by atoms with Crippen molar-refractivity contribution in [3.05, 3.63) is 33.4 Å². The van der Waals surface area contributed by atoms with Gasteiger partial charge in [0.1, 0.15) is 0 Å². The Morgan fingerprint density at radius 1 is 1.42 bits per heavy atom. The zero-order chi connectivity index (χ0) is 9.14. The number of Topliss-reactive ketones (excluding diaryl/α,β-unsaturated/α-hetero) is 1. The summed E-state index contributed by atoms with van der Waals surface area (Å²) in [4.78, 5) is 11.3. The molecule has 0 spiro atoms. The number of carbonyl (C=O) groups is 1. The van der Waals surface area contributed by atoms with Gasteiger partial charge in [-0.05, 0) is 41.6 Å². The molecule has 0 fully saturated rings. The number of halogens is 1. The van der Waals surface area contributed by atoms with Crippen molar-refractivity contribution in [2.45, 2.75) is 13.0 Å². The van der Waals surface area contributed by atoms with E-state index in [0.717, 1.165) is 3.57 Å². The molecule has 2 N–H and O–H groups in total. The van der Waals surface area contributed by atoms with E-state index >= 15 is 0 Å². The number of hydrogen-bond donors (Lipinski definition) is 1. The smallest absolute Gasteiger partial charge is 0.179 e. The second-order valence-corrected chi connectivity index (χ2v) is 3.91. The summed E-state index contributed by atoms with van der Waals surface area (Å²) < 4.78 is 1.12. The normalized spacial score (nSPS) is 12.6. The van der Waals surface area contributed by atoms with E-state index in [1.807, 2.05) is 12.1 Å². The molecule has 1 unspecified atom stereocenters. The summed E-state index contributed by atoms with van der Waals surface area (Å²) >= 11 is 2.19. The third-order valence-electron chi connectivity index (χ3n) is 1.54. The standard InChI is InChI=1S/C9H10INO/c1-6(11)9(12)7-2-4-8(10)5-3-7/h2-6H,11H2,1H3. The van der Waals surface area contributed by atoms with E-state index in [-0.39, 0.29) is 5.78 Å². The van der Waals surface area contributed by atoms with E-state index in [2.05, 4.69) is 22.6 Å². The summed E-state index contributed by atoms with van der Waals surface area (Å²) in [6.45, 7) is 1.69. The Labute approximate surface area is 85.3 Å². The second kappa shape index (κ2) is 4.00. The number of carbonyl (C=O) groups excluding carboxylic acids is 1. The summed E-state index contributed by atoms with van der Waals surface area (Å²) in [5.41, 5.74) is 6.14. The second-order valence-electron chi connectivity index (χ2n) is 2.66. The monoisotopic (exact) mass is 275 g/mol. The zero-order valence-corrected chi connectivity index (χ0v) is 8.91. The topological polar surface area (TPSA) is 43.1 Å². The van der Waals surface area contributed by atoms with Gasteiger partial charge in [-0.3, -0.25) is 4.79 Å². The molecule has 0 amide bonds. The van der Waals surface area contributed by atoms with Gasteiger partial charge in [0.05, 0.1) is 6.04 Å². The fourth-order valence-electron chi connectivity index (χ4n) is 0.877. The van der Waals surface area contributed by atoms with Crippen molar-refractivity contribution in [2.75, 3.05) is 0 Å². The highest BCUT2D eigenvalue weighted by atomic mass is 127. The molecule has 0 aliphatic rings. The highest BCUT2D eigenvalue weighted by molar-refractivity contribution is 14.1. The average molecular weight is 275 g/mol. The molecule has 1 atom stereocenters. The Balaban J connectivity index is 2.90. The average Bonchev–Trinajstić information content (AvgIpc) is 2.04. The predicted octanol–water partition coefficient (Wildman–Crippen LogP) is 1.82. The molecule has 0 aliphatic carbocycles. The van der Waals surface area contributed by atoms with Crippen LogP contribution in [-0.4, -0.2) is 11.8 Å². The lowest BCUT2D eigenvalue weighted by Gasteiger charge is -2.03. The first-order valence-corrected chi connectivity index (χ1v) is 4.74. The minimum absolute atomic E-state index is 0.00796. The van der Waals surface area contributed by atoms with Crippen molar-refractivity contribution in [3.63, 3.8) is 0 Å². The molecule has 0 saturated carbocycles. The number of benzene rings is 1. The van der Waals surface area contributed by atoms with Gasteiger partial charge in [-0.25, -0.2) is 0 Å². The Hall–Kier alpha value is -0.420. The van der Waals surface area contributed by atoms with E-state index in [1.54, 1.807) is 19.1 Å². The molecular formula is C9H10INO. The first kappa shape index (κ1) is 9.67. The third-order valence-corrected chi connectivity index (χ3v) is 2.26. The first-order chi connectivity index (χ1) is 5.61. The molecule has 1 rings (SSSR count). The van der Waals surface area contributed by atoms with Crippen molar-refractivity contribution in [1.29, 1.82) is 0 Å². The van der Waals surface area contributed by atoms with Crippen LogP contribution in [0, 0.1) is 3.57 Å². The lowest BCUT2D eigenvalue weighted by atomic mass is 10.1. The van der Waals surface area contributed by atoms with Gasteiger partial charge in [0, 0.05) is 9.13 Å². The minimum atomic E-state index is -0.412. The number of rotatable bonds is 2. The van der Waals surface area contributed by atoms with E-state index in [4.69, 9.17) is 5.73 Å². The molecule has 0 bridgehead atoms. The van der Waals surface area contributed by atoms with E-state index < -0.39 is 6.04 Å². The van der Waals surface area contributed by atoms with E-state index in [1.165, 1.54) is 0 Å². The molecule has 0 saturated heterocycles. The van der Waals surface area contributed by atoms with Gasteiger partial charge < -0.3 is 5.73 Å². The van der Waals surface area contributed by atoms with Crippen LogP contribution in [-0.2, 0) is 0 Å². The zero-order valence-electron chi connectivity index (χ0n) is 6.75. The third kappa shape index (κ3) is 2.28. The molecule has 1 aromatic carbocycles. The van der Waals surface area contributed by atoms with Crippen LogP contribution in [0.25, 0.3) is 0 Å². The maximum absolute atomic E-state index is 11.3. The Kier molecular flexibility index (Phi) is 3.22. The van der Waals surface area contributed by atoms with Crippen molar-refractivity contribution >= 4 is 28.4 Å². The van der Waals surface area contributed by atoms with Gasteiger partial charge in [-0.15, -0.1) is 0 Å². The van der Waals surface area contributed by atoms with Gasteiger partial charge in [-0.2, -0.15) is 0 Å². The summed E-state index contributed by atoms with van der Waals surface area (Å²) in [6.07, 6.45) is 0. The molecular weight excluding hydrogens is 265 g/mol. The van der Waals surface area contributed by atoms with E-state index in [0.29, 0.717) is 5.56 Å². The largest absolute Gasteiger partial charge is 0.321 e. The number of hydrogen-bond acceptors (Lipinski definition) is 2. The SMILES string of the molecule is CC(N)C(=O)c1ccc(I)cc1. The summed E-state index contributed by atoms with van der Waals surface area (Å²) in [6, 6.07) is 6.98. The molecule has 12 heavy (non-hydrogen) atoms. The maximum atomic E-state index is 11.3. The predicted molar refractivity (Wildman–Crippen MR) is 57.1 cm³/mol. The molecule has 64 valence electrons. The van der Waals surface area contributed by atoms with Crippen molar-refractivity contribution in [2.24, 2.45) is 5.73 Å². The molecule has 2 nitrogen and oxygen atoms in total. The van der Waals surface area contributed by atoms with Crippen molar-refractivity contribution in [3.8, 4) is 0 Å². The molecule has 0 heterocycles. The van der Waals surface area contributed by atoms with Crippen LogP contribution in [0.15, 0.2) is 24.3 Å². The van der Waals surface area contributed by atoms with Crippen LogP contribution in [0.4, 0.5) is 0 Å². The van der Waals surface area contributed by atoms with E-state index in [9.17, 15) is 4.79 Å². The lowest BCUT2D eigenvalue weighted by molar-refractivity contribution is 0.0968. The molecule has 1 aromatic rings. The Morgan fingerprint density at radius 3 is 2.33 bits per heavy atom. The minimum Gasteiger partial charge on any atom is -0.321 e. The highest BCUT2D eigenvalue weighted by Crippen LogP contribution is 2.08. The number of ketones is 1. The van der Waals surface area contributed by atoms with Gasteiger partial charge in [-0.1, -0.05) is 12.1 Å². The summed E-state index contributed by atoms with van der Waals surface area (Å²) in [5, 5.41) is 0. The first-order valence-electron chi connectivity index (χ1n) is 3.66. The van der Waals surface area contributed by atoms with Crippen LogP contribution >= 0.6 is 22.6 Å². The maximum Gasteiger partial charge on any atom is 0.179 e. The van der Waals surface area contributed by atoms with Crippen molar-refractivity contribution in [1.82, 2.24) is 0 Å². The summed E-state index contributed by atoms with van der Waals surface area (Å²) in [7, 11) is 0. The van der Waals surface area contributed by atoms with Gasteiger partial charge in [0.25, 0.3) is 0 Å². The van der Waals surface area contributed by atoms with Crippen LogP contribution in [0.1, 0.15) is 17.3 Å². The molecule has 0 aromatic heterocycles. The van der Waals surface area contributed by atoms with Crippen LogP contribution in [0.2, 0.25) is 0 Å². The molecule has 3 heteroatoms. The van der Waals surface area contributed by atoms with Gasteiger partial charge in [0.15, 0.2) is 5.78 Å². The molecule has 0 radical (unpaired) electrons.